The van der Waals surface area contributed by atoms with Gasteiger partial charge in [0.1, 0.15) is 42.6 Å². The summed E-state index contributed by atoms with van der Waals surface area (Å²) < 4.78 is 47.2. The first kappa shape index (κ1) is 39.3. The minimum atomic E-state index is -0.630. The van der Waals surface area contributed by atoms with Gasteiger partial charge in [-0.25, -0.2) is 18.4 Å². The Hall–Kier alpha value is -6.88. The van der Waals surface area contributed by atoms with E-state index < -0.39 is 23.6 Å². The average molecular weight is 689 g/mol. The van der Waals surface area contributed by atoms with Crippen LogP contribution in [0.15, 0.2) is 120 Å². The molecule has 0 aliphatic heterocycles. The molecule has 4 aromatic carbocycles. The van der Waals surface area contributed by atoms with Crippen molar-refractivity contribution < 1.29 is 47.4 Å². The lowest BCUT2D eigenvalue weighted by Crippen LogP contribution is -2.15. The lowest BCUT2D eigenvalue weighted by molar-refractivity contribution is -0.135. The van der Waals surface area contributed by atoms with Crippen molar-refractivity contribution in [1.82, 2.24) is 0 Å². The highest BCUT2D eigenvalue weighted by Gasteiger charge is 2.10. The number of carbonyl (C=O) groups is 2. The van der Waals surface area contributed by atoms with Crippen LogP contribution in [0.2, 0.25) is 0 Å². The zero-order chi connectivity index (χ0) is 36.7. The number of esters is 2. The first-order valence-electron chi connectivity index (χ1n) is 14.3. The van der Waals surface area contributed by atoms with E-state index in [-0.39, 0.29) is 22.8 Å². The molecule has 0 amide bonds. The van der Waals surface area contributed by atoms with Gasteiger partial charge >= 0.3 is 11.9 Å². The SMILES string of the molecule is C#CC(=O)OC.COC(=O)C=CO/N=C(\N)c1ccc(OCc2ccccc2)cc1F.N/C(=N\O)c1ccc(OCc2ccccc2)cc1F. The minimum Gasteiger partial charge on any atom is -0.489 e. The molecule has 0 saturated carbocycles. The summed E-state index contributed by atoms with van der Waals surface area (Å²) in [6.07, 6.45) is 6.55. The van der Waals surface area contributed by atoms with Crippen LogP contribution in [0.1, 0.15) is 22.3 Å². The molecule has 0 aliphatic carbocycles. The lowest BCUT2D eigenvalue weighted by atomic mass is 10.2. The molecule has 14 heteroatoms. The fraction of sp³-hybridized carbons (Fsp3) is 0.111. The third kappa shape index (κ3) is 14.3. The van der Waals surface area contributed by atoms with Crippen LogP contribution >= 0.6 is 0 Å². The van der Waals surface area contributed by atoms with Crippen LogP contribution < -0.4 is 20.9 Å². The van der Waals surface area contributed by atoms with Crippen molar-refractivity contribution in [3.8, 4) is 23.8 Å². The van der Waals surface area contributed by atoms with Crippen molar-refractivity contribution in [2.45, 2.75) is 13.2 Å². The number of oxime groups is 2. The van der Waals surface area contributed by atoms with Crippen molar-refractivity contribution in [1.29, 1.82) is 0 Å². The number of benzene rings is 4. The van der Waals surface area contributed by atoms with Gasteiger partial charge in [0.2, 0.25) is 0 Å². The summed E-state index contributed by atoms with van der Waals surface area (Å²) in [5.41, 5.74) is 13.0. The Kier molecular flexibility index (Phi) is 17.2. The van der Waals surface area contributed by atoms with Crippen molar-refractivity contribution in [3.63, 3.8) is 0 Å². The zero-order valence-electron chi connectivity index (χ0n) is 27.0. The van der Waals surface area contributed by atoms with E-state index in [1.54, 1.807) is 18.1 Å². The predicted molar refractivity (Wildman–Crippen MR) is 181 cm³/mol. The standard InChI is InChI=1S/C18H17FN2O4.C14H13FN2O2.C4H4O2/c1-23-17(22)9-10-25-21-18(20)15-8-7-14(11-16(15)19)24-12-13-5-3-2-4-6-13;15-13-8-11(6-7-12(13)14(16)17-18)19-9-10-4-2-1-3-5-10;1-3-4(5)6-2/h2-11H,12H2,1H3,(H2,20,21);1-8,18H,9H2,(H2,16,17);1H,2H3. The molecule has 0 bridgehead atoms. The van der Waals surface area contributed by atoms with Gasteiger partial charge in [0.05, 0.1) is 31.4 Å². The van der Waals surface area contributed by atoms with Crippen molar-refractivity contribution >= 4 is 23.6 Å². The highest BCUT2D eigenvalue weighted by molar-refractivity contribution is 5.98. The van der Waals surface area contributed by atoms with Crippen LogP contribution in [0.4, 0.5) is 8.78 Å². The van der Waals surface area contributed by atoms with E-state index >= 15 is 0 Å². The molecule has 0 atom stereocenters. The number of carbonyl (C=O) groups excluding carboxylic acids is 2. The van der Waals surface area contributed by atoms with E-state index in [4.69, 9.17) is 31.0 Å². The molecule has 5 N–H and O–H groups in total. The quantitative estimate of drug-likeness (QED) is 0.0223. The molecule has 0 heterocycles. The van der Waals surface area contributed by atoms with E-state index in [2.05, 4.69) is 26.2 Å². The van der Waals surface area contributed by atoms with Gasteiger partial charge in [-0.1, -0.05) is 71.0 Å². The van der Waals surface area contributed by atoms with E-state index in [1.165, 1.54) is 38.5 Å². The highest BCUT2D eigenvalue weighted by Crippen LogP contribution is 2.19. The second-order valence-corrected chi connectivity index (χ2v) is 9.36. The molecule has 0 spiro atoms. The molecule has 12 nitrogen and oxygen atoms in total. The first-order chi connectivity index (χ1) is 24.1. The average Bonchev–Trinajstić information content (AvgIpc) is 3.15. The van der Waals surface area contributed by atoms with E-state index in [9.17, 15) is 18.4 Å². The highest BCUT2D eigenvalue weighted by atomic mass is 19.1. The summed E-state index contributed by atoms with van der Waals surface area (Å²) >= 11 is 0. The summed E-state index contributed by atoms with van der Waals surface area (Å²) in [7, 11) is 2.46. The molecule has 50 heavy (non-hydrogen) atoms. The molecule has 260 valence electrons. The molecule has 0 aromatic heterocycles. The Balaban J connectivity index is 0.000000306. The van der Waals surface area contributed by atoms with Crippen LogP contribution in [-0.2, 0) is 37.1 Å². The maximum atomic E-state index is 14.1. The maximum absolute atomic E-state index is 14.1. The van der Waals surface area contributed by atoms with Gasteiger partial charge in [-0.15, -0.1) is 6.42 Å². The largest absolute Gasteiger partial charge is 0.489 e. The molecule has 0 aliphatic rings. The predicted octanol–water partition coefficient (Wildman–Crippen LogP) is 5.02. The Labute approximate surface area is 287 Å². The van der Waals surface area contributed by atoms with Gasteiger partial charge in [-0.05, 0) is 35.4 Å². The van der Waals surface area contributed by atoms with Gasteiger partial charge in [0.25, 0.3) is 0 Å². The number of hydrogen-bond donors (Lipinski definition) is 3. The Morgan fingerprint density at radius 1 is 0.780 bits per heavy atom. The van der Waals surface area contributed by atoms with Crippen LogP contribution in [0.3, 0.4) is 0 Å². The number of ether oxygens (including phenoxy) is 4. The normalized spacial score (nSPS) is 10.7. The van der Waals surface area contributed by atoms with Crippen LogP contribution in [0, 0.1) is 24.0 Å². The number of hydrogen-bond acceptors (Lipinski definition) is 10. The third-order valence-corrected chi connectivity index (χ3v) is 5.96. The fourth-order valence-electron chi connectivity index (χ4n) is 3.47. The number of rotatable bonds is 11. The van der Waals surface area contributed by atoms with E-state index in [0.29, 0.717) is 24.7 Å². The topological polar surface area (TPSA) is 177 Å². The summed E-state index contributed by atoms with van der Waals surface area (Å²) in [4.78, 5) is 25.3. The van der Waals surface area contributed by atoms with Crippen molar-refractivity contribution in [2.75, 3.05) is 14.2 Å². The number of nitrogens with zero attached hydrogens (tertiary/aromatic N) is 2. The van der Waals surface area contributed by atoms with Gasteiger partial charge in [-0.3, -0.25) is 0 Å². The number of halogens is 2. The van der Waals surface area contributed by atoms with Crippen LogP contribution in [0.25, 0.3) is 0 Å². The minimum absolute atomic E-state index is 0.0366. The molecular formula is C36H34F2N4O8. The molecule has 0 fully saturated rings. The van der Waals surface area contributed by atoms with Gasteiger partial charge < -0.3 is 40.5 Å². The van der Waals surface area contributed by atoms with E-state index in [0.717, 1.165) is 23.5 Å². The molecule has 0 unspecified atom stereocenters. The second kappa shape index (κ2) is 21.8. The number of amidine groups is 2. The summed E-state index contributed by atoms with van der Waals surface area (Å²) in [6.45, 7) is 0.674. The van der Waals surface area contributed by atoms with Crippen molar-refractivity contribution in [3.05, 3.63) is 143 Å². The summed E-state index contributed by atoms with van der Waals surface area (Å²) in [5.74, 6) is -0.388. The molecule has 0 radical (unpaired) electrons. The number of terminal acetylenes is 1. The molecule has 0 saturated heterocycles. The number of methoxy groups -OCH3 is 2. The van der Waals surface area contributed by atoms with Crippen LogP contribution in [-0.4, -0.2) is 43.0 Å². The number of nitrogens with two attached hydrogens (primary N) is 2. The van der Waals surface area contributed by atoms with Gasteiger partial charge in [-0.2, -0.15) is 0 Å². The monoisotopic (exact) mass is 688 g/mol. The smallest absolute Gasteiger partial charge is 0.383 e. The Morgan fingerprint density at radius 3 is 1.64 bits per heavy atom. The van der Waals surface area contributed by atoms with Gasteiger partial charge in [0.15, 0.2) is 11.7 Å². The maximum Gasteiger partial charge on any atom is 0.383 e. The fourth-order valence-corrected chi connectivity index (χ4v) is 3.47. The first-order valence-corrected chi connectivity index (χ1v) is 14.3. The summed E-state index contributed by atoms with van der Waals surface area (Å²) in [5, 5.41) is 14.8. The molecule has 4 rings (SSSR count). The lowest BCUT2D eigenvalue weighted by Gasteiger charge is -2.08. The summed E-state index contributed by atoms with van der Waals surface area (Å²) in [6, 6.07) is 27.5. The van der Waals surface area contributed by atoms with Gasteiger partial charge in [0, 0.05) is 18.1 Å². The zero-order valence-corrected chi connectivity index (χ0v) is 27.0. The Bertz CT molecular complexity index is 1810. The van der Waals surface area contributed by atoms with Crippen molar-refractivity contribution in [2.24, 2.45) is 21.8 Å². The second-order valence-electron chi connectivity index (χ2n) is 9.36. The molecule has 4 aromatic rings. The van der Waals surface area contributed by atoms with E-state index in [1.807, 2.05) is 60.7 Å². The van der Waals surface area contributed by atoms with Crippen LogP contribution in [0.5, 0.6) is 11.5 Å². The third-order valence-electron chi connectivity index (χ3n) is 5.96. The Morgan fingerprint density at radius 2 is 1.26 bits per heavy atom. The molecular weight excluding hydrogens is 654 g/mol.